The van der Waals surface area contributed by atoms with Crippen LogP contribution in [0.3, 0.4) is 0 Å². The largest absolute Gasteiger partial charge is 0.481 e. The summed E-state index contributed by atoms with van der Waals surface area (Å²) in [6.45, 7) is 0.529. The molecule has 0 aromatic heterocycles. The maximum Gasteiger partial charge on any atom is 0.416 e. The van der Waals surface area contributed by atoms with Gasteiger partial charge in [0.2, 0.25) is 11.8 Å². The number of aliphatic carboxylic acids is 1. The number of halogens is 3. The van der Waals surface area contributed by atoms with Gasteiger partial charge < -0.3 is 15.3 Å². The molecule has 1 aromatic rings. The van der Waals surface area contributed by atoms with E-state index < -0.39 is 41.5 Å². The number of nitrogens with one attached hydrogen (secondary N) is 1. The number of carbonyl (C=O) groups excluding carboxylic acids is 2. The van der Waals surface area contributed by atoms with Gasteiger partial charge in [-0.05, 0) is 30.5 Å². The fourth-order valence-electron chi connectivity index (χ4n) is 3.32. The van der Waals surface area contributed by atoms with Gasteiger partial charge in [0.25, 0.3) is 0 Å². The minimum absolute atomic E-state index is 0.0519. The van der Waals surface area contributed by atoms with E-state index in [9.17, 15) is 27.6 Å². The zero-order valence-corrected chi connectivity index (χ0v) is 14.3. The predicted molar refractivity (Wildman–Crippen MR) is 87.4 cm³/mol. The Bertz CT molecular complexity index is 765. The van der Waals surface area contributed by atoms with Crippen molar-refractivity contribution in [2.24, 2.45) is 11.8 Å². The number of carboxylic acids is 1. The lowest BCUT2D eigenvalue weighted by atomic mass is 10.0. The highest BCUT2D eigenvalue weighted by atomic mass is 19.4. The molecule has 2 amide bonds. The molecule has 1 heterocycles. The number of rotatable bonds is 6. The molecule has 1 aromatic carbocycles. The van der Waals surface area contributed by atoms with Crippen LogP contribution in [0.2, 0.25) is 0 Å². The second-order valence-electron chi connectivity index (χ2n) is 6.91. The summed E-state index contributed by atoms with van der Waals surface area (Å²) >= 11 is 0. The number of benzene rings is 1. The lowest BCUT2D eigenvalue weighted by Crippen LogP contribution is -2.39. The standard InChI is InChI=1S/C18H19F3N2O4/c19-18(20,21)11-4-1-3-10(7-11)14(9-23-6-2-5-15(23)24)22-16(25)12-8-13(12)17(26)27/h1,3-4,7,12-14H,2,5-6,8-9H2,(H,22,25)(H,26,27)/t12-,13-,14-/m1/s1. The van der Waals surface area contributed by atoms with Crippen molar-refractivity contribution in [1.29, 1.82) is 0 Å². The summed E-state index contributed by atoms with van der Waals surface area (Å²) < 4.78 is 39.1. The monoisotopic (exact) mass is 384 g/mol. The first-order valence-electron chi connectivity index (χ1n) is 8.65. The number of nitrogens with zero attached hydrogens (tertiary/aromatic N) is 1. The molecule has 2 N–H and O–H groups in total. The molecule has 2 aliphatic rings. The predicted octanol–water partition coefficient (Wildman–Crippen LogP) is 2.21. The molecule has 0 radical (unpaired) electrons. The van der Waals surface area contributed by atoms with E-state index in [2.05, 4.69) is 5.32 Å². The normalized spacial score (nSPS) is 23.2. The molecule has 0 spiro atoms. The Morgan fingerprint density at radius 1 is 1.30 bits per heavy atom. The van der Waals surface area contributed by atoms with Gasteiger partial charge in [-0.25, -0.2) is 0 Å². The van der Waals surface area contributed by atoms with E-state index >= 15 is 0 Å². The van der Waals surface area contributed by atoms with E-state index in [1.165, 1.54) is 17.0 Å². The highest BCUT2D eigenvalue weighted by Gasteiger charge is 2.48. The average Bonchev–Trinajstić information content (AvgIpc) is 3.32. The fourth-order valence-corrected chi connectivity index (χ4v) is 3.32. The van der Waals surface area contributed by atoms with Crippen molar-refractivity contribution in [3.63, 3.8) is 0 Å². The van der Waals surface area contributed by atoms with Crippen LogP contribution >= 0.6 is 0 Å². The van der Waals surface area contributed by atoms with Crippen LogP contribution in [-0.2, 0) is 20.6 Å². The lowest BCUT2D eigenvalue weighted by Gasteiger charge is -2.26. The number of hydrogen-bond acceptors (Lipinski definition) is 3. The first kappa shape index (κ1) is 19.2. The Morgan fingerprint density at radius 3 is 2.59 bits per heavy atom. The Hall–Kier alpha value is -2.58. The van der Waals surface area contributed by atoms with Gasteiger partial charge in [0.15, 0.2) is 0 Å². The highest BCUT2D eigenvalue weighted by molar-refractivity contribution is 5.89. The third-order valence-electron chi connectivity index (χ3n) is 4.95. The van der Waals surface area contributed by atoms with Crippen LogP contribution in [-0.4, -0.2) is 40.9 Å². The van der Waals surface area contributed by atoms with Crippen LogP contribution in [0.1, 0.15) is 36.4 Å². The molecule has 27 heavy (non-hydrogen) atoms. The van der Waals surface area contributed by atoms with Crippen LogP contribution in [0.25, 0.3) is 0 Å². The molecule has 0 unspecified atom stereocenters. The number of alkyl halides is 3. The van der Waals surface area contributed by atoms with Crippen LogP contribution in [0.4, 0.5) is 13.2 Å². The van der Waals surface area contributed by atoms with Crippen molar-refractivity contribution in [1.82, 2.24) is 10.2 Å². The first-order valence-corrected chi connectivity index (χ1v) is 8.65. The van der Waals surface area contributed by atoms with Crippen molar-refractivity contribution in [2.45, 2.75) is 31.5 Å². The average molecular weight is 384 g/mol. The van der Waals surface area contributed by atoms with Crippen molar-refractivity contribution in [2.75, 3.05) is 13.1 Å². The molecule has 3 atom stereocenters. The number of carboxylic acid groups (broad SMARTS) is 1. The van der Waals surface area contributed by atoms with E-state index in [-0.39, 0.29) is 24.4 Å². The van der Waals surface area contributed by atoms with Crippen molar-refractivity contribution >= 4 is 17.8 Å². The molecule has 1 aliphatic carbocycles. The molecule has 1 aliphatic heterocycles. The molecule has 2 fully saturated rings. The summed E-state index contributed by atoms with van der Waals surface area (Å²) in [4.78, 5) is 36.7. The van der Waals surface area contributed by atoms with E-state index in [0.29, 0.717) is 19.4 Å². The zero-order valence-electron chi connectivity index (χ0n) is 14.3. The topological polar surface area (TPSA) is 86.7 Å². The summed E-state index contributed by atoms with van der Waals surface area (Å²) in [7, 11) is 0. The smallest absolute Gasteiger partial charge is 0.416 e. The minimum atomic E-state index is -4.53. The molecule has 1 saturated carbocycles. The van der Waals surface area contributed by atoms with Crippen molar-refractivity contribution in [3.8, 4) is 0 Å². The maximum atomic E-state index is 13.0. The summed E-state index contributed by atoms with van der Waals surface area (Å²) in [5.41, 5.74) is -0.618. The Kier molecular flexibility index (Phi) is 5.12. The zero-order chi connectivity index (χ0) is 19.8. The van der Waals surface area contributed by atoms with Crippen LogP contribution < -0.4 is 5.32 Å². The summed E-state index contributed by atoms with van der Waals surface area (Å²) in [5, 5.41) is 11.6. The van der Waals surface area contributed by atoms with Crippen LogP contribution in [0.15, 0.2) is 24.3 Å². The van der Waals surface area contributed by atoms with Crippen molar-refractivity contribution < 1.29 is 32.7 Å². The molecule has 146 valence electrons. The van der Waals surface area contributed by atoms with E-state index in [1.807, 2.05) is 0 Å². The van der Waals surface area contributed by atoms with E-state index in [0.717, 1.165) is 12.1 Å². The second-order valence-corrected chi connectivity index (χ2v) is 6.91. The van der Waals surface area contributed by atoms with E-state index in [1.54, 1.807) is 0 Å². The third kappa shape index (κ3) is 4.40. The summed E-state index contributed by atoms with van der Waals surface area (Å²) in [6.07, 6.45) is -3.29. The molecular formula is C18H19F3N2O4. The number of likely N-dealkylation sites (tertiary alicyclic amines) is 1. The van der Waals surface area contributed by atoms with Crippen LogP contribution in [0.5, 0.6) is 0 Å². The van der Waals surface area contributed by atoms with Gasteiger partial charge in [-0.1, -0.05) is 12.1 Å². The molecule has 9 heteroatoms. The molecule has 0 bridgehead atoms. The van der Waals surface area contributed by atoms with Gasteiger partial charge in [-0.15, -0.1) is 0 Å². The number of carbonyl (C=O) groups is 3. The van der Waals surface area contributed by atoms with Gasteiger partial charge in [-0.3, -0.25) is 14.4 Å². The third-order valence-corrected chi connectivity index (χ3v) is 4.95. The molecule has 3 rings (SSSR count). The van der Waals surface area contributed by atoms with Gasteiger partial charge >= 0.3 is 12.1 Å². The summed E-state index contributed by atoms with van der Waals surface area (Å²) in [5.74, 6) is -3.15. The van der Waals surface area contributed by atoms with E-state index in [4.69, 9.17) is 5.11 Å². The summed E-state index contributed by atoms with van der Waals surface area (Å²) in [6, 6.07) is 3.76. The maximum absolute atomic E-state index is 13.0. The second kappa shape index (κ2) is 7.21. The number of hydrogen-bond donors (Lipinski definition) is 2. The van der Waals surface area contributed by atoms with Gasteiger partial charge in [0.05, 0.1) is 23.4 Å². The molecule has 6 nitrogen and oxygen atoms in total. The SMILES string of the molecule is O=C(O)[C@@H]1C[C@H]1C(=O)N[C@H](CN1CCCC1=O)c1cccc(C(F)(F)F)c1. The Balaban J connectivity index is 1.80. The Labute approximate surface area is 153 Å². The molecule has 1 saturated heterocycles. The Morgan fingerprint density at radius 2 is 2.04 bits per heavy atom. The van der Waals surface area contributed by atoms with Crippen molar-refractivity contribution in [3.05, 3.63) is 35.4 Å². The lowest BCUT2D eigenvalue weighted by molar-refractivity contribution is -0.140. The number of amides is 2. The van der Waals surface area contributed by atoms with Crippen LogP contribution in [0, 0.1) is 11.8 Å². The highest BCUT2D eigenvalue weighted by Crippen LogP contribution is 2.39. The van der Waals surface area contributed by atoms with Gasteiger partial charge in [0.1, 0.15) is 0 Å². The van der Waals surface area contributed by atoms with Gasteiger partial charge in [-0.2, -0.15) is 13.2 Å². The fraction of sp³-hybridized carbons (Fsp3) is 0.500. The quantitative estimate of drug-likeness (QED) is 0.787. The first-order chi connectivity index (χ1) is 12.7. The molecular weight excluding hydrogens is 365 g/mol. The van der Waals surface area contributed by atoms with Gasteiger partial charge in [0, 0.05) is 19.5 Å². The minimum Gasteiger partial charge on any atom is -0.481 e.